The highest BCUT2D eigenvalue weighted by molar-refractivity contribution is 5.41. The fourth-order valence-electron chi connectivity index (χ4n) is 1.85. The van der Waals surface area contributed by atoms with Gasteiger partial charge in [-0.1, -0.05) is 0 Å². The molecule has 5 heteroatoms. The molecule has 0 saturated carbocycles. The SMILES string of the molecule is COCCN(CCOC)c1cc(CNC(C)(C)C)ccn1. The number of rotatable bonds is 9. The first kappa shape index (κ1) is 17.9. The maximum absolute atomic E-state index is 5.17. The van der Waals surface area contributed by atoms with Crippen LogP contribution >= 0.6 is 0 Å². The smallest absolute Gasteiger partial charge is 0.128 e. The predicted molar refractivity (Wildman–Crippen MR) is 86.8 cm³/mol. The van der Waals surface area contributed by atoms with Crippen molar-refractivity contribution in [2.45, 2.75) is 32.9 Å². The van der Waals surface area contributed by atoms with Crippen LogP contribution in [0.1, 0.15) is 26.3 Å². The van der Waals surface area contributed by atoms with E-state index in [1.807, 2.05) is 12.3 Å². The Hall–Kier alpha value is -1.17. The molecule has 21 heavy (non-hydrogen) atoms. The van der Waals surface area contributed by atoms with Crippen molar-refractivity contribution >= 4 is 5.82 Å². The van der Waals surface area contributed by atoms with Gasteiger partial charge in [-0.3, -0.25) is 0 Å². The van der Waals surface area contributed by atoms with E-state index in [0.717, 1.165) is 25.5 Å². The minimum atomic E-state index is 0.106. The zero-order valence-electron chi connectivity index (χ0n) is 14.0. The number of methoxy groups -OCH3 is 2. The summed E-state index contributed by atoms with van der Waals surface area (Å²) in [5.41, 5.74) is 1.34. The van der Waals surface area contributed by atoms with Crippen molar-refractivity contribution < 1.29 is 9.47 Å². The van der Waals surface area contributed by atoms with Crippen LogP contribution in [0.4, 0.5) is 5.82 Å². The summed E-state index contributed by atoms with van der Waals surface area (Å²) in [6.45, 7) is 10.3. The molecule has 1 heterocycles. The molecule has 1 N–H and O–H groups in total. The van der Waals surface area contributed by atoms with E-state index < -0.39 is 0 Å². The van der Waals surface area contributed by atoms with Gasteiger partial charge in [0.25, 0.3) is 0 Å². The summed E-state index contributed by atoms with van der Waals surface area (Å²) < 4.78 is 10.3. The van der Waals surface area contributed by atoms with E-state index >= 15 is 0 Å². The number of aromatic nitrogens is 1. The Labute approximate surface area is 128 Å². The van der Waals surface area contributed by atoms with Gasteiger partial charge in [0.2, 0.25) is 0 Å². The van der Waals surface area contributed by atoms with Crippen molar-refractivity contribution in [3.63, 3.8) is 0 Å². The van der Waals surface area contributed by atoms with Gasteiger partial charge in [-0.2, -0.15) is 0 Å². The Kier molecular flexibility index (Phi) is 7.64. The highest BCUT2D eigenvalue weighted by Crippen LogP contribution is 2.13. The largest absolute Gasteiger partial charge is 0.383 e. The van der Waals surface area contributed by atoms with Crippen molar-refractivity contribution in [1.29, 1.82) is 0 Å². The molecule has 1 aromatic heterocycles. The van der Waals surface area contributed by atoms with Crippen LogP contribution in [0.2, 0.25) is 0 Å². The van der Waals surface area contributed by atoms with E-state index in [4.69, 9.17) is 9.47 Å². The number of nitrogens with zero attached hydrogens (tertiary/aromatic N) is 2. The Morgan fingerprint density at radius 3 is 2.29 bits per heavy atom. The van der Waals surface area contributed by atoms with Crippen molar-refractivity contribution in [1.82, 2.24) is 10.3 Å². The topological polar surface area (TPSA) is 46.6 Å². The molecule has 0 spiro atoms. The molecule has 1 aromatic rings. The summed E-state index contributed by atoms with van der Waals surface area (Å²) in [5.74, 6) is 0.970. The molecule has 0 aliphatic heterocycles. The lowest BCUT2D eigenvalue weighted by Crippen LogP contribution is -2.35. The molecule has 0 amide bonds. The predicted octanol–water partition coefficient (Wildman–Crippen LogP) is 2.07. The number of hydrogen-bond donors (Lipinski definition) is 1. The summed E-state index contributed by atoms with van der Waals surface area (Å²) in [6, 6.07) is 4.18. The third-order valence-electron chi connectivity index (χ3n) is 3.09. The summed E-state index contributed by atoms with van der Waals surface area (Å²) in [5, 5.41) is 3.49. The molecule has 0 saturated heterocycles. The number of pyridine rings is 1. The van der Waals surface area contributed by atoms with Crippen molar-refractivity contribution in [2.24, 2.45) is 0 Å². The maximum Gasteiger partial charge on any atom is 0.128 e. The van der Waals surface area contributed by atoms with Gasteiger partial charge in [-0.15, -0.1) is 0 Å². The molecule has 0 atom stereocenters. The van der Waals surface area contributed by atoms with Gasteiger partial charge in [0, 0.05) is 45.6 Å². The Morgan fingerprint density at radius 2 is 1.76 bits per heavy atom. The van der Waals surface area contributed by atoms with Gasteiger partial charge in [0.1, 0.15) is 5.82 Å². The van der Waals surface area contributed by atoms with Crippen molar-refractivity contribution in [3.8, 4) is 0 Å². The lowest BCUT2D eigenvalue weighted by Gasteiger charge is -2.24. The van der Waals surface area contributed by atoms with E-state index in [2.05, 4.69) is 42.0 Å². The molecule has 5 nitrogen and oxygen atoms in total. The first-order valence-electron chi connectivity index (χ1n) is 7.39. The quantitative estimate of drug-likeness (QED) is 0.755. The Balaban J connectivity index is 2.73. The van der Waals surface area contributed by atoms with Crippen LogP contribution in [-0.4, -0.2) is 51.0 Å². The second-order valence-corrected chi connectivity index (χ2v) is 6.10. The van der Waals surface area contributed by atoms with E-state index in [-0.39, 0.29) is 5.54 Å². The Morgan fingerprint density at radius 1 is 1.14 bits per heavy atom. The molecule has 0 radical (unpaired) electrons. The second kappa shape index (κ2) is 8.97. The summed E-state index contributed by atoms with van der Waals surface area (Å²) in [4.78, 5) is 6.67. The van der Waals surface area contributed by atoms with Crippen LogP contribution in [-0.2, 0) is 16.0 Å². The fraction of sp³-hybridized carbons (Fsp3) is 0.688. The van der Waals surface area contributed by atoms with Crippen molar-refractivity contribution in [3.05, 3.63) is 23.9 Å². The third-order valence-corrected chi connectivity index (χ3v) is 3.09. The lowest BCUT2D eigenvalue weighted by molar-refractivity contribution is 0.190. The van der Waals surface area contributed by atoms with Crippen LogP contribution in [0.3, 0.4) is 0 Å². The van der Waals surface area contributed by atoms with Gasteiger partial charge in [-0.25, -0.2) is 4.98 Å². The zero-order chi connectivity index (χ0) is 15.7. The first-order valence-corrected chi connectivity index (χ1v) is 7.39. The zero-order valence-corrected chi connectivity index (χ0v) is 14.0. The highest BCUT2D eigenvalue weighted by Gasteiger charge is 2.11. The van der Waals surface area contributed by atoms with Crippen LogP contribution in [0.15, 0.2) is 18.3 Å². The molecule has 0 bridgehead atoms. The van der Waals surface area contributed by atoms with E-state index in [9.17, 15) is 0 Å². The van der Waals surface area contributed by atoms with E-state index in [1.165, 1.54) is 5.56 Å². The van der Waals surface area contributed by atoms with Crippen LogP contribution in [0.25, 0.3) is 0 Å². The average molecular weight is 295 g/mol. The third kappa shape index (κ3) is 7.41. The van der Waals surface area contributed by atoms with Gasteiger partial charge >= 0.3 is 0 Å². The molecule has 120 valence electrons. The molecule has 0 aliphatic rings. The fourth-order valence-corrected chi connectivity index (χ4v) is 1.85. The van der Waals surface area contributed by atoms with E-state index in [1.54, 1.807) is 14.2 Å². The van der Waals surface area contributed by atoms with Crippen LogP contribution < -0.4 is 10.2 Å². The van der Waals surface area contributed by atoms with Crippen LogP contribution in [0.5, 0.6) is 0 Å². The molecule has 0 fully saturated rings. The summed E-state index contributed by atoms with van der Waals surface area (Å²) in [6.07, 6.45) is 1.86. The number of anilines is 1. The lowest BCUT2D eigenvalue weighted by atomic mass is 10.1. The second-order valence-electron chi connectivity index (χ2n) is 6.10. The normalized spacial score (nSPS) is 11.7. The summed E-state index contributed by atoms with van der Waals surface area (Å²) in [7, 11) is 3.43. The standard InChI is InChI=1S/C16H29N3O2/c1-16(2,3)18-13-14-6-7-17-15(12-14)19(8-10-20-4)9-11-21-5/h6-7,12,18H,8-11,13H2,1-5H3. The maximum atomic E-state index is 5.17. The number of ether oxygens (including phenoxy) is 2. The van der Waals surface area contributed by atoms with Gasteiger partial charge in [-0.05, 0) is 38.5 Å². The summed E-state index contributed by atoms with van der Waals surface area (Å²) >= 11 is 0. The number of nitrogens with one attached hydrogen (secondary N) is 1. The monoisotopic (exact) mass is 295 g/mol. The molecule has 0 unspecified atom stereocenters. The molecule has 0 aromatic carbocycles. The average Bonchev–Trinajstić information content (AvgIpc) is 2.45. The van der Waals surface area contributed by atoms with Gasteiger partial charge < -0.3 is 19.7 Å². The first-order chi connectivity index (χ1) is 9.96. The van der Waals surface area contributed by atoms with Gasteiger partial charge in [0.15, 0.2) is 0 Å². The van der Waals surface area contributed by atoms with Gasteiger partial charge in [0.05, 0.1) is 13.2 Å². The minimum Gasteiger partial charge on any atom is -0.383 e. The molecule has 0 aliphatic carbocycles. The highest BCUT2D eigenvalue weighted by atomic mass is 16.5. The molecular formula is C16H29N3O2. The van der Waals surface area contributed by atoms with Crippen molar-refractivity contribution in [2.75, 3.05) is 45.4 Å². The molecule has 1 rings (SSSR count). The Bertz CT molecular complexity index is 397. The number of hydrogen-bond acceptors (Lipinski definition) is 5. The van der Waals surface area contributed by atoms with Crippen LogP contribution in [0, 0.1) is 0 Å². The van der Waals surface area contributed by atoms with E-state index in [0.29, 0.717) is 13.2 Å². The molecular weight excluding hydrogens is 266 g/mol. The minimum absolute atomic E-state index is 0.106.